The highest BCUT2D eigenvalue weighted by Gasteiger charge is 2.13. The second kappa shape index (κ2) is 9.09. The molecule has 0 unspecified atom stereocenters. The summed E-state index contributed by atoms with van der Waals surface area (Å²) in [6, 6.07) is 8.05. The van der Waals surface area contributed by atoms with Crippen LogP contribution in [0.15, 0.2) is 35.0 Å². The van der Waals surface area contributed by atoms with Crippen molar-refractivity contribution in [2.24, 2.45) is 5.73 Å². The lowest BCUT2D eigenvalue weighted by atomic mass is 10.1. The van der Waals surface area contributed by atoms with Gasteiger partial charge in [0.2, 0.25) is 0 Å². The summed E-state index contributed by atoms with van der Waals surface area (Å²) in [7, 11) is 1.50. The molecule has 0 spiro atoms. The first-order chi connectivity index (χ1) is 12.8. The van der Waals surface area contributed by atoms with Crippen LogP contribution in [0.4, 0.5) is 8.78 Å². The number of aryl methyl sites for hydroxylation is 1. The molecule has 1 aromatic carbocycles. The molecule has 0 atom stereocenters. The van der Waals surface area contributed by atoms with E-state index in [1.54, 1.807) is 31.2 Å². The summed E-state index contributed by atoms with van der Waals surface area (Å²) >= 11 is 1.18. The van der Waals surface area contributed by atoms with Crippen molar-refractivity contribution >= 4 is 23.7 Å². The summed E-state index contributed by atoms with van der Waals surface area (Å²) in [6.07, 6.45) is -1.30. The smallest absolute Gasteiger partial charge is 0.280 e. The lowest BCUT2D eigenvalue weighted by molar-refractivity contribution is -0.114. The molecule has 0 aliphatic heterocycles. The molecule has 0 radical (unpaired) electrons. The van der Waals surface area contributed by atoms with E-state index < -0.39 is 12.3 Å². The van der Waals surface area contributed by atoms with E-state index in [-0.39, 0.29) is 16.4 Å². The van der Waals surface area contributed by atoms with Gasteiger partial charge in [0.25, 0.3) is 12.3 Å². The van der Waals surface area contributed by atoms with Gasteiger partial charge in [0.15, 0.2) is 5.16 Å². The van der Waals surface area contributed by atoms with Crippen LogP contribution in [0.2, 0.25) is 0 Å². The highest BCUT2D eigenvalue weighted by atomic mass is 32.2. The number of halogens is 2. The van der Waals surface area contributed by atoms with Gasteiger partial charge in [0.1, 0.15) is 23.1 Å². The number of carbonyl (C=O) groups excluding carboxylic acids is 1. The van der Waals surface area contributed by atoms with Crippen LogP contribution in [0.25, 0.3) is 6.08 Å². The summed E-state index contributed by atoms with van der Waals surface area (Å²) in [5.74, 6) is 0.0889. The summed E-state index contributed by atoms with van der Waals surface area (Å²) in [6.45, 7) is 1.62. The number of nitrogens with two attached hydrogens (primary N) is 1. The number of aromatic nitrogens is 2. The van der Waals surface area contributed by atoms with Gasteiger partial charge in [-0.3, -0.25) is 4.79 Å². The van der Waals surface area contributed by atoms with Gasteiger partial charge >= 0.3 is 0 Å². The molecule has 2 N–H and O–H groups in total. The Morgan fingerprint density at radius 1 is 1.41 bits per heavy atom. The number of alkyl halides is 2. The Labute approximate surface area is 159 Å². The van der Waals surface area contributed by atoms with Crippen LogP contribution in [0, 0.1) is 18.3 Å². The number of carbonyl (C=O) groups is 1. The summed E-state index contributed by atoms with van der Waals surface area (Å²) < 4.78 is 31.1. The maximum absolute atomic E-state index is 12.9. The van der Waals surface area contributed by atoms with E-state index in [2.05, 4.69) is 9.97 Å². The molecule has 140 valence electrons. The maximum Gasteiger partial charge on any atom is 0.280 e. The summed E-state index contributed by atoms with van der Waals surface area (Å²) in [4.78, 5) is 19.2. The molecule has 6 nitrogen and oxygen atoms in total. The molecular formula is C18H16F2N4O2S. The Bertz CT molecular complexity index is 926. The number of ether oxygens (including phenoxy) is 1. The van der Waals surface area contributed by atoms with E-state index in [1.807, 2.05) is 0 Å². The topological polar surface area (TPSA) is 102 Å². The van der Waals surface area contributed by atoms with Crippen LogP contribution in [-0.2, 0) is 10.5 Å². The number of amides is 1. The van der Waals surface area contributed by atoms with Gasteiger partial charge in [-0.05, 0) is 36.8 Å². The zero-order chi connectivity index (χ0) is 20.0. The number of thioether (sulfide) groups is 1. The Morgan fingerprint density at radius 3 is 2.74 bits per heavy atom. The molecule has 1 aromatic heterocycles. The normalized spacial score (nSPS) is 11.3. The third-order valence-corrected chi connectivity index (χ3v) is 4.33. The molecule has 0 saturated carbocycles. The Morgan fingerprint density at radius 2 is 2.15 bits per heavy atom. The van der Waals surface area contributed by atoms with Crippen molar-refractivity contribution in [2.45, 2.75) is 24.3 Å². The zero-order valence-electron chi connectivity index (χ0n) is 14.6. The monoisotopic (exact) mass is 390 g/mol. The van der Waals surface area contributed by atoms with Gasteiger partial charge in [-0.15, -0.1) is 0 Å². The number of methoxy groups -OCH3 is 1. The van der Waals surface area contributed by atoms with E-state index in [9.17, 15) is 13.6 Å². The highest BCUT2D eigenvalue weighted by Crippen LogP contribution is 2.29. The van der Waals surface area contributed by atoms with Gasteiger partial charge in [-0.1, -0.05) is 17.8 Å². The SMILES string of the molecule is COc1ccc(/C=C(\C#N)C(N)=O)cc1CSc1nc(C)cc(C(F)F)n1. The van der Waals surface area contributed by atoms with Crippen LogP contribution in [-0.4, -0.2) is 23.0 Å². The number of nitrogens with zero attached hydrogens (tertiary/aromatic N) is 3. The van der Waals surface area contributed by atoms with E-state index in [0.717, 1.165) is 5.56 Å². The molecule has 0 aliphatic rings. The average molecular weight is 390 g/mol. The maximum atomic E-state index is 12.9. The minimum atomic E-state index is -2.67. The van der Waals surface area contributed by atoms with Gasteiger partial charge in [0.05, 0.1) is 7.11 Å². The Balaban J connectivity index is 2.29. The minimum Gasteiger partial charge on any atom is -0.496 e. The van der Waals surface area contributed by atoms with E-state index in [4.69, 9.17) is 15.7 Å². The first kappa shape index (κ1) is 20.3. The number of hydrogen-bond acceptors (Lipinski definition) is 6. The van der Waals surface area contributed by atoms with Crippen molar-refractivity contribution in [3.63, 3.8) is 0 Å². The fourth-order valence-electron chi connectivity index (χ4n) is 2.21. The van der Waals surface area contributed by atoms with E-state index in [1.165, 1.54) is 31.0 Å². The molecule has 0 saturated heterocycles. The highest BCUT2D eigenvalue weighted by molar-refractivity contribution is 7.98. The first-order valence-corrected chi connectivity index (χ1v) is 8.67. The van der Waals surface area contributed by atoms with Crippen LogP contribution in [0.3, 0.4) is 0 Å². The number of benzene rings is 1. The number of rotatable bonds is 7. The number of primary amides is 1. The van der Waals surface area contributed by atoms with Crippen molar-refractivity contribution in [3.8, 4) is 11.8 Å². The average Bonchev–Trinajstić information content (AvgIpc) is 2.63. The largest absolute Gasteiger partial charge is 0.496 e. The van der Waals surface area contributed by atoms with Gasteiger partial charge in [-0.2, -0.15) is 5.26 Å². The minimum absolute atomic E-state index is 0.178. The van der Waals surface area contributed by atoms with Crippen LogP contribution < -0.4 is 10.5 Å². The van der Waals surface area contributed by atoms with E-state index >= 15 is 0 Å². The zero-order valence-corrected chi connectivity index (χ0v) is 15.4. The molecule has 0 aliphatic carbocycles. The van der Waals surface area contributed by atoms with Crippen LogP contribution >= 0.6 is 11.8 Å². The molecule has 1 amide bonds. The van der Waals surface area contributed by atoms with Gasteiger partial charge in [-0.25, -0.2) is 18.7 Å². The molecule has 2 aromatic rings. The third-order valence-electron chi connectivity index (χ3n) is 3.44. The fraction of sp³-hybridized carbons (Fsp3) is 0.222. The molecule has 0 fully saturated rings. The second-order valence-corrected chi connectivity index (χ2v) is 6.35. The van der Waals surface area contributed by atoms with Crippen LogP contribution in [0.1, 0.15) is 28.9 Å². The van der Waals surface area contributed by atoms with Crippen molar-refractivity contribution in [1.29, 1.82) is 5.26 Å². The predicted octanol–water partition coefficient (Wildman–Crippen LogP) is 3.42. The third kappa shape index (κ3) is 5.49. The summed E-state index contributed by atoms with van der Waals surface area (Å²) in [5.41, 5.74) is 6.39. The molecular weight excluding hydrogens is 374 g/mol. The Kier molecular flexibility index (Phi) is 6.85. The first-order valence-electron chi connectivity index (χ1n) is 7.69. The van der Waals surface area contributed by atoms with Crippen molar-refractivity contribution in [1.82, 2.24) is 9.97 Å². The van der Waals surface area contributed by atoms with Crippen molar-refractivity contribution in [3.05, 3.63) is 52.4 Å². The standard InChI is InChI=1S/C18H16F2N4O2S/c1-10-5-14(16(19)20)24-18(23-10)27-9-13-7-11(3-4-15(13)26-2)6-12(8-21)17(22)25/h3-7,16H,9H2,1-2H3,(H2,22,25)/b12-6+. The molecule has 27 heavy (non-hydrogen) atoms. The number of hydrogen-bond donors (Lipinski definition) is 1. The molecule has 9 heteroatoms. The van der Waals surface area contributed by atoms with Crippen LogP contribution in [0.5, 0.6) is 5.75 Å². The Hall–Kier alpha value is -2.99. The van der Waals surface area contributed by atoms with E-state index in [0.29, 0.717) is 22.8 Å². The fourth-order valence-corrected chi connectivity index (χ4v) is 3.10. The van der Waals surface area contributed by atoms with Crippen molar-refractivity contribution < 1.29 is 18.3 Å². The number of nitriles is 1. The van der Waals surface area contributed by atoms with Gasteiger partial charge in [0, 0.05) is 17.0 Å². The lowest BCUT2D eigenvalue weighted by Gasteiger charge is -2.10. The van der Waals surface area contributed by atoms with Gasteiger partial charge < -0.3 is 10.5 Å². The lowest BCUT2D eigenvalue weighted by Crippen LogP contribution is -2.12. The quantitative estimate of drug-likeness (QED) is 0.336. The predicted molar refractivity (Wildman–Crippen MR) is 97.1 cm³/mol. The summed E-state index contributed by atoms with van der Waals surface area (Å²) in [5, 5.41) is 9.18. The van der Waals surface area contributed by atoms with Crippen molar-refractivity contribution in [2.75, 3.05) is 7.11 Å². The molecule has 1 heterocycles. The molecule has 0 bridgehead atoms. The molecule has 2 rings (SSSR count). The second-order valence-electron chi connectivity index (χ2n) is 5.41.